The fraction of sp³-hybridized carbons (Fsp3) is 0.355. The fourth-order valence-corrected chi connectivity index (χ4v) is 4.70. The van der Waals surface area contributed by atoms with Gasteiger partial charge in [-0.3, -0.25) is 9.59 Å². The van der Waals surface area contributed by atoms with E-state index < -0.39 is 17.6 Å². The fourth-order valence-electron chi connectivity index (χ4n) is 4.70. The summed E-state index contributed by atoms with van der Waals surface area (Å²) >= 11 is 0. The zero-order valence-electron chi connectivity index (χ0n) is 22.2. The third kappa shape index (κ3) is 6.01. The highest BCUT2D eigenvalue weighted by atomic mass is 19.1. The number of carbonyl (C=O) groups excluding carboxylic acids is 2. The van der Waals surface area contributed by atoms with Gasteiger partial charge in [-0.1, -0.05) is 63.6 Å². The van der Waals surface area contributed by atoms with Crippen LogP contribution in [0.5, 0.6) is 5.75 Å². The lowest BCUT2D eigenvalue weighted by Gasteiger charge is -2.41. The van der Waals surface area contributed by atoms with Gasteiger partial charge in [-0.05, 0) is 72.9 Å². The first-order valence-corrected chi connectivity index (χ1v) is 12.8. The molecule has 0 radical (unpaired) electrons. The molecule has 0 spiro atoms. The van der Waals surface area contributed by atoms with Crippen molar-refractivity contribution in [2.75, 3.05) is 11.9 Å². The molecule has 0 fully saturated rings. The van der Waals surface area contributed by atoms with E-state index in [9.17, 15) is 14.0 Å². The number of amides is 2. The number of ether oxygens (including phenoxy) is 1. The molecule has 1 aliphatic rings. The molecule has 0 aliphatic carbocycles. The van der Waals surface area contributed by atoms with Crippen LogP contribution < -0.4 is 10.1 Å². The van der Waals surface area contributed by atoms with Gasteiger partial charge >= 0.3 is 0 Å². The van der Waals surface area contributed by atoms with Crippen molar-refractivity contribution >= 4 is 17.5 Å². The summed E-state index contributed by atoms with van der Waals surface area (Å²) < 4.78 is 20.4. The van der Waals surface area contributed by atoms with Crippen LogP contribution in [0.15, 0.2) is 66.7 Å². The molecule has 0 saturated carbocycles. The van der Waals surface area contributed by atoms with Gasteiger partial charge in [-0.2, -0.15) is 0 Å². The number of benzene rings is 3. The Morgan fingerprint density at radius 1 is 1.08 bits per heavy atom. The van der Waals surface area contributed by atoms with Gasteiger partial charge in [0.2, 0.25) is 5.91 Å². The van der Waals surface area contributed by atoms with E-state index in [1.807, 2.05) is 88.0 Å². The van der Waals surface area contributed by atoms with Crippen molar-refractivity contribution in [1.82, 2.24) is 4.90 Å². The number of hydrogen-bond donors (Lipinski definition) is 1. The van der Waals surface area contributed by atoms with Crippen LogP contribution in [-0.2, 0) is 16.0 Å². The molecule has 0 bridgehead atoms. The Labute approximate surface area is 218 Å². The van der Waals surface area contributed by atoms with Gasteiger partial charge in [-0.25, -0.2) is 4.39 Å². The molecule has 37 heavy (non-hydrogen) atoms. The smallest absolute Gasteiger partial charge is 0.265 e. The number of nitrogens with one attached hydrogen (secondary N) is 1. The molecule has 5 nitrogen and oxygen atoms in total. The zero-order valence-corrected chi connectivity index (χ0v) is 22.2. The predicted molar refractivity (Wildman–Crippen MR) is 144 cm³/mol. The molecule has 3 aromatic carbocycles. The van der Waals surface area contributed by atoms with Crippen molar-refractivity contribution < 1.29 is 18.7 Å². The van der Waals surface area contributed by atoms with E-state index in [-0.39, 0.29) is 17.6 Å². The standard InChI is InChI=1S/C31H35FN2O3/c1-6-27(29(35)33-24-13-10-20(2)11-14-24)37-25-15-12-21-16-17-34(30(36)31(3,4)5)28(26(21)19-25)22-8-7-9-23(32)18-22/h7-15,18-19,27-28H,6,16-17H2,1-5H3,(H,33,35)/t27-,28+/m1/s1. The summed E-state index contributed by atoms with van der Waals surface area (Å²) in [5.74, 6) is -0.0342. The summed E-state index contributed by atoms with van der Waals surface area (Å²) in [7, 11) is 0. The van der Waals surface area contributed by atoms with Gasteiger partial charge in [0, 0.05) is 17.6 Å². The molecule has 0 saturated heterocycles. The van der Waals surface area contributed by atoms with E-state index in [1.165, 1.54) is 12.1 Å². The van der Waals surface area contributed by atoms with Crippen LogP contribution in [0.1, 0.15) is 62.4 Å². The van der Waals surface area contributed by atoms with Crippen LogP contribution in [0.2, 0.25) is 0 Å². The summed E-state index contributed by atoms with van der Waals surface area (Å²) in [4.78, 5) is 28.2. The molecular weight excluding hydrogens is 467 g/mol. The van der Waals surface area contributed by atoms with Gasteiger partial charge in [0.25, 0.3) is 5.91 Å². The quantitative estimate of drug-likeness (QED) is 0.421. The number of nitrogens with zero attached hydrogens (tertiary/aromatic N) is 1. The lowest BCUT2D eigenvalue weighted by molar-refractivity contribution is -0.141. The number of aryl methyl sites for hydroxylation is 1. The molecule has 3 aromatic rings. The van der Waals surface area contributed by atoms with Crippen LogP contribution >= 0.6 is 0 Å². The number of fused-ring (bicyclic) bond motifs is 1. The highest BCUT2D eigenvalue weighted by Crippen LogP contribution is 2.39. The van der Waals surface area contributed by atoms with Gasteiger partial charge in [0.1, 0.15) is 11.6 Å². The summed E-state index contributed by atoms with van der Waals surface area (Å²) in [6, 6.07) is 19.3. The van der Waals surface area contributed by atoms with Gasteiger partial charge in [0.05, 0.1) is 6.04 Å². The van der Waals surface area contributed by atoms with E-state index in [0.29, 0.717) is 36.4 Å². The first-order valence-electron chi connectivity index (χ1n) is 12.8. The number of carbonyl (C=O) groups is 2. The molecule has 2 amide bonds. The van der Waals surface area contributed by atoms with Crippen LogP contribution in [0.25, 0.3) is 0 Å². The highest BCUT2D eigenvalue weighted by Gasteiger charge is 2.37. The molecule has 4 rings (SSSR count). The molecule has 6 heteroatoms. The maximum absolute atomic E-state index is 14.3. The Kier molecular flexibility index (Phi) is 7.67. The molecule has 1 aliphatic heterocycles. The molecule has 2 atom stereocenters. The second-order valence-electron chi connectivity index (χ2n) is 10.7. The average molecular weight is 503 g/mol. The minimum absolute atomic E-state index is 0.00245. The largest absolute Gasteiger partial charge is 0.481 e. The van der Waals surface area contributed by atoms with Gasteiger partial charge in [0.15, 0.2) is 6.10 Å². The minimum atomic E-state index is -0.692. The van der Waals surface area contributed by atoms with Crippen LogP contribution in [0.3, 0.4) is 0 Å². The van der Waals surface area contributed by atoms with Crippen LogP contribution in [0.4, 0.5) is 10.1 Å². The van der Waals surface area contributed by atoms with E-state index in [0.717, 1.165) is 16.7 Å². The Morgan fingerprint density at radius 2 is 1.81 bits per heavy atom. The molecular formula is C31H35FN2O3. The van der Waals surface area contributed by atoms with Crippen molar-refractivity contribution in [3.05, 3.63) is 94.8 Å². The molecule has 0 unspecified atom stereocenters. The molecule has 1 N–H and O–H groups in total. The SMILES string of the molecule is CC[C@@H](Oc1ccc2c(c1)[C@H](c1cccc(F)c1)N(C(=O)C(C)(C)C)CC2)C(=O)Nc1ccc(C)cc1. The summed E-state index contributed by atoms with van der Waals surface area (Å²) in [6.45, 7) is 10.1. The van der Waals surface area contributed by atoms with Crippen molar-refractivity contribution in [2.45, 2.75) is 59.6 Å². The average Bonchev–Trinajstić information content (AvgIpc) is 2.86. The Bertz CT molecular complexity index is 1280. The van der Waals surface area contributed by atoms with E-state index >= 15 is 0 Å². The first kappa shape index (κ1) is 26.4. The maximum atomic E-state index is 14.3. The van der Waals surface area contributed by atoms with Crippen molar-refractivity contribution in [3.63, 3.8) is 0 Å². The normalized spacial score (nSPS) is 16.1. The lowest BCUT2D eigenvalue weighted by Crippen LogP contribution is -2.45. The van der Waals surface area contributed by atoms with Crippen LogP contribution in [0, 0.1) is 18.2 Å². The number of hydrogen-bond acceptors (Lipinski definition) is 3. The predicted octanol–water partition coefficient (Wildman–Crippen LogP) is 6.45. The first-order chi connectivity index (χ1) is 17.6. The Hall–Kier alpha value is -3.67. The van der Waals surface area contributed by atoms with Crippen LogP contribution in [-0.4, -0.2) is 29.4 Å². The third-order valence-corrected chi connectivity index (χ3v) is 6.67. The van der Waals surface area contributed by atoms with Crippen molar-refractivity contribution in [3.8, 4) is 5.75 Å². The Morgan fingerprint density at radius 3 is 2.46 bits per heavy atom. The van der Waals surface area contributed by atoms with E-state index in [2.05, 4.69) is 5.32 Å². The summed E-state index contributed by atoms with van der Waals surface area (Å²) in [6.07, 6.45) is 0.480. The molecule has 1 heterocycles. The van der Waals surface area contributed by atoms with Gasteiger partial charge in [-0.15, -0.1) is 0 Å². The summed E-state index contributed by atoms with van der Waals surface area (Å²) in [5, 5.41) is 2.92. The monoisotopic (exact) mass is 502 g/mol. The topological polar surface area (TPSA) is 58.6 Å². The molecule has 194 valence electrons. The van der Waals surface area contributed by atoms with E-state index in [1.54, 1.807) is 6.07 Å². The summed E-state index contributed by atoms with van der Waals surface area (Å²) in [5.41, 5.74) is 3.92. The highest BCUT2D eigenvalue weighted by molar-refractivity contribution is 5.94. The van der Waals surface area contributed by atoms with Crippen molar-refractivity contribution in [2.24, 2.45) is 5.41 Å². The second kappa shape index (κ2) is 10.8. The van der Waals surface area contributed by atoms with E-state index in [4.69, 9.17) is 4.74 Å². The number of anilines is 1. The molecule has 0 aromatic heterocycles. The lowest BCUT2D eigenvalue weighted by atomic mass is 9.85. The van der Waals surface area contributed by atoms with Gasteiger partial charge < -0.3 is 15.0 Å². The second-order valence-corrected chi connectivity index (χ2v) is 10.7. The number of rotatable bonds is 6. The minimum Gasteiger partial charge on any atom is -0.481 e. The third-order valence-electron chi connectivity index (χ3n) is 6.67. The zero-order chi connectivity index (χ0) is 26.7. The number of halogens is 1. The maximum Gasteiger partial charge on any atom is 0.265 e. The Balaban J connectivity index is 1.65. The van der Waals surface area contributed by atoms with Crippen molar-refractivity contribution in [1.29, 1.82) is 0 Å².